The van der Waals surface area contributed by atoms with Crippen molar-refractivity contribution in [3.05, 3.63) is 39.8 Å². The van der Waals surface area contributed by atoms with E-state index in [-0.39, 0.29) is 0 Å². The van der Waals surface area contributed by atoms with Gasteiger partial charge in [0.2, 0.25) is 5.91 Å². The summed E-state index contributed by atoms with van der Waals surface area (Å²) in [6, 6.07) is 6.57. The van der Waals surface area contributed by atoms with E-state index in [1.54, 1.807) is 24.3 Å². The lowest BCUT2D eigenvalue weighted by Crippen LogP contribution is -2.10. The van der Waals surface area contributed by atoms with E-state index >= 15 is 0 Å². The van der Waals surface area contributed by atoms with Gasteiger partial charge in [0.05, 0.1) is 0 Å². The fourth-order valence-corrected chi connectivity index (χ4v) is 2.18. The van der Waals surface area contributed by atoms with Crippen LogP contribution >= 0.6 is 27.3 Å². The largest absolute Gasteiger partial charge is 0.431 e. The molecule has 2 N–H and O–H groups in total. The Hall–Kier alpha value is -1.40. The number of amides is 1. The maximum atomic E-state index is 10.8. The molecule has 0 unspecified atom stereocenters. The van der Waals surface area contributed by atoms with Gasteiger partial charge < -0.3 is 10.5 Å². The number of ether oxygens (including phenoxy) is 1. The number of nitrogens with two attached hydrogens (primary N) is 1. The molecule has 1 amide bonds. The second-order valence-electron chi connectivity index (χ2n) is 2.93. The predicted octanol–water partition coefficient (Wildman–Crippen LogP) is 2.80. The molecule has 2 aromatic rings. The van der Waals surface area contributed by atoms with Crippen LogP contribution in [0.15, 0.2) is 34.2 Å². The fourth-order valence-electron chi connectivity index (χ4n) is 1.07. The highest BCUT2D eigenvalue weighted by Crippen LogP contribution is 2.27. The Balaban J connectivity index is 2.14. The van der Waals surface area contributed by atoms with Gasteiger partial charge in [-0.3, -0.25) is 4.79 Å². The molecule has 0 spiro atoms. The Morgan fingerprint density at radius 3 is 2.56 bits per heavy atom. The van der Waals surface area contributed by atoms with Gasteiger partial charge in [0.15, 0.2) is 0 Å². The SMILES string of the molecule is NC(=O)c1ccc(Oc2nc(Br)cs2)cc1. The summed E-state index contributed by atoms with van der Waals surface area (Å²) >= 11 is 4.62. The lowest BCUT2D eigenvalue weighted by molar-refractivity contribution is 0.100. The number of halogens is 1. The summed E-state index contributed by atoms with van der Waals surface area (Å²) in [5.74, 6) is 0.162. The van der Waals surface area contributed by atoms with E-state index in [0.29, 0.717) is 16.5 Å². The fraction of sp³-hybridized carbons (Fsp3) is 0. The molecule has 4 nitrogen and oxygen atoms in total. The average Bonchev–Trinajstić information content (AvgIpc) is 2.65. The monoisotopic (exact) mass is 298 g/mol. The molecule has 6 heteroatoms. The van der Waals surface area contributed by atoms with Crippen molar-refractivity contribution in [1.29, 1.82) is 0 Å². The first-order valence-corrected chi connectivity index (χ1v) is 6.01. The third-order valence-corrected chi connectivity index (χ3v) is 3.23. The Morgan fingerprint density at radius 2 is 2.06 bits per heavy atom. The third kappa shape index (κ3) is 2.59. The third-order valence-electron chi connectivity index (χ3n) is 1.80. The van der Waals surface area contributed by atoms with Gasteiger partial charge in [-0.25, -0.2) is 0 Å². The molecule has 0 aliphatic heterocycles. The molecule has 0 atom stereocenters. The van der Waals surface area contributed by atoms with Crippen molar-refractivity contribution >= 4 is 33.2 Å². The Labute approximate surface area is 104 Å². The van der Waals surface area contributed by atoms with Crippen molar-refractivity contribution < 1.29 is 9.53 Å². The van der Waals surface area contributed by atoms with E-state index in [4.69, 9.17) is 10.5 Å². The van der Waals surface area contributed by atoms with Crippen LogP contribution in [-0.4, -0.2) is 10.9 Å². The quantitative estimate of drug-likeness (QED) is 0.947. The van der Waals surface area contributed by atoms with Crippen LogP contribution in [0, 0.1) is 0 Å². The molecule has 0 aliphatic carbocycles. The standard InChI is InChI=1S/C10H7BrN2O2S/c11-8-5-16-10(13-8)15-7-3-1-6(2-4-7)9(12)14/h1-5H,(H2,12,14). The molecule has 0 bridgehead atoms. The number of carbonyl (C=O) groups excluding carboxylic acids is 1. The van der Waals surface area contributed by atoms with E-state index in [2.05, 4.69) is 20.9 Å². The molecule has 0 saturated carbocycles. The minimum absolute atomic E-state index is 0.452. The van der Waals surface area contributed by atoms with Crippen LogP contribution in [0.3, 0.4) is 0 Å². The minimum atomic E-state index is -0.455. The number of primary amides is 1. The zero-order chi connectivity index (χ0) is 11.5. The number of hydrogen-bond donors (Lipinski definition) is 1. The van der Waals surface area contributed by atoms with Gasteiger partial charge in [-0.2, -0.15) is 4.98 Å². The molecule has 0 radical (unpaired) electrons. The maximum absolute atomic E-state index is 10.8. The van der Waals surface area contributed by atoms with E-state index in [0.717, 1.165) is 4.60 Å². The number of thiazole rings is 1. The number of aromatic nitrogens is 1. The van der Waals surface area contributed by atoms with Crippen LogP contribution in [0.25, 0.3) is 0 Å². The summed E-state index contributed by atoms with van der Waals surface area (Å²) < 4.78 is 6.20. The summed E-state index contributed by atoms with van der Waals surface area (Å²) in [6.07, 6.45) is 0. The van der Waals surface area contributed by atoms with E-state index in [1.807, 2.05) is 5.38 Å². The van der Waals surface area contributed by atoms with Gasteiger partial charge in [0, 0.05) is 10.9 Å². The summed E-state index contributed by atoms with van der Waals surface area (Å²) in [7, 11) is 0. The van der Waals surface area contributed by atoms with Crippen molar-refractivity contribution in [1.82, 2.24) is 4.98 Å². The van der Waals surface area contributed by atoms with Crippen LogP contribution in [0.4, 0.5) is 0 Å². The van der Waals surface area contributed by atoms with Crippen LogP contribution in [0.1, 0.15) is 10.4 Å². The van der Waals surface area contributed by atoms with Crippen molar-refractivity contribution in [2.24, 2.45) is 5.73 Å². The highest BCUT2D eigenvalue weighted by Gasteiger charge is 2.04. The highest BCUT2D eigenvalue weighted by molar-refractivity contribution is 9.10. The number of nitrogens with zero attached hydrogens (tertiary/aromatic N) is 1. The number of hydrogen-bond acceptors (Lipinski definition) is 4. The zero-order valence-electron chi connectivity index (χ0n) is 8.01. The molecule has 1 aromatic heterocycles. The molecule has 1 heterocycles. The molecule has 2 rings (SSSR count). The minimum Gasteiger partial charge on any atom is -0.431 e. The van der Waals surface area contributed by atoms with Crippen LogP contribution in [0.2, 0.25) is 0 Å². The first-order chi connectivity index (χ1) is 7.65. The number of rotatable bonds is 3. The first-order valence-electron chi connectivity index (χ1n) is 4.34. The molecular formula is C10H7BrN2O2S. The topological polar surface area (TPSA) is 65.2 Å². The Morgan fingerprint density at radius 1 is 1.38 bits per heavy atom. The van der Waals surface area contributed by atoms with Crippen LogP contribution in [-0.2, 0) is 0 Å². The normalized spacial score (nSPS) is 10.1. The molecule has 0 aliphatic rings. The summed E-state index contributed by atoms with van der Waals surface area (Å²) in [4.78, 5) is 14.9. The summed E-state index contributed by atoms with van der Waals surface area (Å²) in [6.45, 7) is 0. The van der Waals surface area contributed by atoms with Crippen molar-refractivity contribution in [3.63, 3.8) is 0 Å². The molecule has 0 saturated heterocycles. The first kappa shape index (κ1) is 11.1. The van der Waals surface area contributed by atoms with Gasteiger partial charge >= 0.3 is 0 Å². The van der Waals surface area contributed by atoms with Gasteiger partial charge in [0.25, 0.3) is 5.19 Å². The molecule has 82 valence electrons. The highest BCUT2D eigenvalue weighted by atomic mass is 79.9. The molecule has 1 aromatic carbocycles. The average molecular weight is 299 g/mol. The van der Waals surface area contributed by atoms with Gasteiger partial charge in [-0.15, -0.1) is 0 Å². The zero-order valence-corrected chi connectivity index (χ0v) is 10.4. The second kappa shape index (κ2) is 4.63. The smallest absolute Gasteiger partial charge is 0.279 e. The Bertz CT molecular complexity index is 510. The lowest BCUT2D eigenvalue weighted by atomic mass is 10.2. The molecule has 16 heavy (non-hydrogen) atoms. The summed E-state index contributed by atoms with van der Waals surface area (Å²) in [5.41, 5.74) is 5.58. The predicted molar refractivity (Wildman–Crippen MR) is 64.8 cm³/mol. The molecular weight excluding hydrogens is 292 g/mol. The molecule has 0 fully saturated rings. The van der Waals surface area contributed by atoms with Gasteiger partial charge in [0.1, 0.15) is 10.4 Å². The number of benzene rings is 1. The lowest BCUT2D eigenvalue weighted by Gasteiger charge is -2.01. The van der Waals surface area contributed by atoms with Crippen LogP contribution < -0.4 is 10.5 Å². The van der Waals surface area contributed by atoms with Crippen molar-refractivity contribution in [3.8, 4) is 10.9 Å². The van der Waals surface area contributed by atoms with Crippen molar-refractivity contribution in [2.75, 3.05) is 0 Å². The van der Waals surface area contributed by atoms with Crippen LogP contribution in [0.5, 0.6) is 10.9 Å². The second-order valence-corrected chi connectivity index (χ2v) is 4.56. The number of carbonyl (C=O) groups is 1. The van der Waals surface area contributed by atoms with E-state index in [9.17, 15) is 4.79 Å². The maximum Gasteiger partial charge on any atom is 0.279 e. The summed E-state index contributed by atoms with van der Waals surface area (Å²) in [5, 5.41) is 2.37. The van der Waals surface area contributed by atoms with Gasteiger partial charge in [-0.05, 0) is 40.2 Å². The Kier molecular flexibility index (Phi) is 3.21. The van der Waals surface area contributed by atoms with E-state index < -0.39 is 5.91 Å². The van der Waals surface area contributed by atoms with Gasteiger partial charge in [-0.1, -0.05) is 11.3 Å². The van der Waals surface area contributed by atoms with Crippen molar-refractivity contribution in [2.45, 2.75) is 0 Å². The van der Waals surface area contributed by atoms with E-state index in [1.165, 1.54) is 11.3 Å².